The molecule has 0 bridgehead atoms. The fraction of sp³-hybridized carbons (Fsp3) is 0.412. The quantitative estimate of drug-likeness (QED) is 0.349. The highest BCUT2D eigenvalue weighted by Crippen LogP contribution is 2.50. The maximum Gasteiger partial charge on any atom is 0.318 e. The zero-order valence-corrected chi connectivity index (χ0v) is 28.1. The van der Waals surface area contributed by atoms with Gasteiger partial charge < -0.3 is 29.3 Å². The van der Waals surface area contributed by atoms with Crippen LogP contribution in [0.5, 0.6) is 11.6 Å². The van der Waals surface area contributed by atoms with Gasteiger partial charge in [-0.15, -0.1) is 0 Å². The smallest absolute Gasteiger partial charge is 0.318 e. The number of nitrogens with zero attached hydrogens (tertiary/aromatic N) is 6. The number of sulfonamides is 1. The minimum Gasteiger partial charge on any atom is -0.497 e. The molecule has 4 aliphatic rings. The summed E-state index contributed by atoms with van der Waals surface area (Å²) in [5.74, 6) is -0.504. The Balaban J connectivity index is 1.20. The fourth-order valence-corrected chi connectivity index (χ4v) is 8.82. The minimum absolute atomic E-state index is 0.000932. The van der Waals surface area contributed by atoms with Gasteiger partial charge in [0.25, 0.3) is 15.9 Å². The van der Waals surface area contributed by atoms with Gasteiger partial charge in [-0.2, -0.15) is 9.57 Å². The van der Waals surface area contributed by atoms with E-state index in [1.165, 1.54) is 62.9 Å². The molecular formula is C34H37N7O7S. The number of urea groups is 1. The van der Waals surface area contributed by atoms with E-state index in [4.69, 9.17) is 14.2 Å². The number of likely N-dealkylation sites (tertiary alicyclic amines) is 2. The summed E-state index contributed by atoms with van der Waals surface area (Å²) in [5.41, 5.74) is -1.71. The summed E-state index contributed by atoms with van der Waals surface area (Å²) in [6.45, 7) is 8.02. The van der Waals surface area contributed by atoms with Crippen molar-refractivity contribution in [2.45, 2.75) is 10.4 Å². The molecule has 0 saturated carbocycles. The molecule has 49 heavy (non-hydrogen) atoms. The van der Waals surface area contributed by atoms with Crippen LogP contribution in [0.15, 0.2) is 65.7 Å². The topological polar surface area (TPSA) is 158 Å². The van der Waals surface area contributed by atoms with E-state index in [0.29, 0.717) is 23.1 Å². The molecular weight excluding hydrogens is 650 g/mol. The number of hydrogen-bond acceptors (Lipinski definition) is 11. The van der Waals surface area contributed by atoms with Crippen LogP contribution in [0.25, 0.3) is 0 Å². The lowest BCUT2D eigenvalue weighted by atomic mass is 9.73. The van der Waals surface area contributed by atoms with Gasteiger partial charge in [0.1, 0.15) is 5.75 Å². The normalized spacial score (nSPS) is 21.8. The van der Waals surface area contributed by atoms with E-state index in [9.17, 15) is 23.3 Å². The number of pyridine rings is 1. The number of nitrogens with one attached hydrogen (secondary N) is 1. The predicted octanol–water partition coefficient (Wildman–Crippen LogP) is 1.61. The summed E-state index contributed by atoms with van der Waals surface area (Å²) >= 11 is 0. The molecule has 3 fully saturated rings. The van der Waals surface area contributed by atoms with Crippen molar-refractivity contribution < 1.29 is 32.2 Å². The first kappa shape index (κ1) is 32.8. The van der Waals surface area contributed by atoms with Crippen molar-refractivity contribution >= 4 is 27.6 Å². The van der Waals surface area contributed by atoms with Gasteiger partial charge in [-0.25, -0.2) is 18.2 Å². The van der Waals surface area contributed by atoms with Gasteiger partial charge in [-0.3, -0.25) is 9.69 Å². The van der Waals surface area contributed by atoms with E-state index in [0.717, 1.165) is 52.5 Å². The summed E-state index contributed by atoms with van der Waals surface area (Å²) in [4.78, 5) is 39.6. The van der Waals surface area contributed by atoms with E-state index in [-0.39, 0.29) is 38.6 Å². The summed E-state index contributed by atoms with van der Waals surface area (Å²) in [7, 11) is -1.69. The molecule has 4 aliphatic heterocycles. The van der Waals surface area contributed by atoms with Crippen LogP contribution in [-0.4, -0.2) is 120 Å². The molecule has 1 N–H and O–H groups in total. The van der Waals surface area contributed by atoms with Gasteiger partial charge in [-0.05, 0) is 54.6 Å². The molecule has 1 atom stereocenters. The molecule has 0 unspecified atom stereocenters. The Morgan fingerprint density at radius 3 is 2.37 bits per heavy atom. The number of aromatic nitrogens is 1. The number of nitriles is 1. The van der Waals surface area contributed by atoms with Crippen LogP contribution >= 0.6 is 0 Å². The number of morpholine rings is 1. The number of carbonyl (C=O) groups excluding carboxylic acids is 2. The predicted molar refractivity (Wildman–Crippen MR) is 177 cm³/mol. The van der Waals surface area contributed by atoms with E-state index in [1.807, 2.05) is 0 Å². The molecule has 0 radical (unpaired) electrons. The van der Waals surface area contributed by atoms with Crippen molar-refractivity contribution in [3.63, 3.8) is 0 Å². The summed E-state index contributed by atoms with van der Waals surface area (Å²) in [6, 6.07) is 14.6. The van der Waals surface area contributed by atoms with Crippen LogP contribution in [-0.2, 0) is 25.1 Å². The Kier molecular flexibility index (Phi) is 8.44. The highest BCUT2D eigenvalue weighted by atomic mass is 32.2. The molecule has 15 heteroatoms. The molecule has 3 amide bonds. The van der Waals surface area contributed by atoms with Crippen molar-refractivity contribution in [3.05, 3.63) is 77.5 Å². The van der Waals surface area contributed by atoms with E-state index in [2.05, 4.69) is 26.2 Å². The summed E-state index contributed by atoms with van der Waals surface area (Å²) in [6.07, 6.45) is 1.47. The number of hydrogen-bond donors (Lipinski definition) is 1. The fourth-order valence-electron chi connectivity index (χ4n) is 7.35. The Labute approximate surface area is 284 Å². The molecule has 1 spiro atoms. The second-order valence-electron chi connectivity index (χ2n) is 12.9. The Morgan fingerprint density at radius 1 is 0.980 bits per heavy atom. The zero-order chi connectivity index (χ0) is 34.4. The lowest BCUT2D eigenvalue weighted by molar-refractivity contribution is -0.122. The first-order chi connectivity index (χ1) is 23.6. The maximum absolute atomic E-state index is 14.9. The largest absolute Gasteiger partial charge is 0.497 e. The molecule has 2 aromatic carbocycles. The average molecular weight is 688 g/mol. The third-order valence-electron chi connectivity index (χ3n) is 9.81. The van der Waals surface area contributed by atoms with Gasteiger partial charge in [0.15, 0.2) is 5.54 Å². The van der Waals surface area contributed by atoms with Crippen LogP contribution in [0, 0.1) is 16.7 Å². The molecule has 1 aromatic heterocycles. The number of carbonyl (C=O) groups is 2. The van der Waals surface area contributed by atoms with Gasteiger partial charge in [-0.1, -0.05) is 0 Å². The number of fused-ring (bicyclic) bond motifs is 1. The van der Waals surface area contributed by atoms with Crippen LogP contribution < -0.4 is 19.1 Å². The molecule has 3 saturated heterocycles. The van der Waals surface area contributed by atoms with Gasteiger partial charge in [0.05, 0.1) is 55.2 Å². The minimum atomic E-state index is -4.52. The molecule has 5 heterocycles. The second-order valence-corrected chi connectivity index (χ2v) is 14.6. The number of benzene rings is 2. The van der Waals surface area contributed by atoms with Crippen LogP contribution in [0.4, 0.5) is 10.5 Å². The van der Waals surface area contributed by atoms with E-state index < -0.39 is 27.5 Å². The maximum atomic E-state index is 14.9. The number of rotatable bonds is 9. The van der Waals surface area contributed by atoms with Crippen LogP contribution in [0.2, 0.25) is 0 Å². The van der Waals surface area contributed by atoms with Crippen LogP contribution in [0.3, 0.4) is 0 Å². The number of anilines is 1. The highest BCUT2D eigenvalue weighted by Gasteiger charge is 2.60. The summed E-state index contributed by atoms with van der Waals surface area (Å²) in [5, 5.41) is 12.8. The Bertz CT molecular complexity index is 1910. The van der Waals surface area contributed by atoms with Gasteiger partial charge >= 0.3 is 6.03 Å². The second kappa shape index (κ2) is 12.6. The monoisotopic (exact) mass is 687 g/mol. The third kappa shape index (κ3) is 5.54. The number of ether oxygens (including phenoxy) is 3. The van der Waals surface area contributed by atoms with Crippen molar-refractivity contribution in [2.24, 2.45) is 5.41 Å². The van der Waals surface area contributed by atoms with Crippen molar-refractivity contribution in [2.75, 3.05) is 84.1 Å². The number of methoxy groups -OCH3 is 2. The van der Waals surface area contributed by atoms with E-state index in [1.54, 1.807) is 17.0 Å². The van der Waals surface area contributed by atoms with Crippen molar-refractivity contribution in [1.82, 2.24) is 25.0 Å². The Morgan fingerprint density at radius 2 is 1.69 bits per heavy atom. The van der Waals surface area contributed by atoms with Gasteiger partial charge in [0.2, 0.25) is 5.88 Å². The van der Waals surface area contributed by atoms with E-state index >= 15 is 0 Å². The Hall–Kier alpha value is -4.75. The third-order valence-corrected chi connectivity index (χ3v) is 11.5. The molecule has 3 aromatic rings. The first-order valence-corrected chi connectivity index (χ1v) is 17.5. The zero-order valence-electron chi connectivity index (χ0n) is 27.3. The lowest BCUT2D eigenvalue weighted by Gasteiger charge is -2.60. The highest BCUT2D eigenvalue weighted by molar-refractivity contribution is 7.93. The molecule has 14 nitrogen and oxygen atoms in total. The molecule has 256 valence electrons. The molecule has 7 rings (SSSR count). The van der Waals surface area contributed by atoms with Crippen LogP contribution in [0.1, 0.15) is 16.7 Å². The average Bonchev–Trinajstić information content (AvgIpc) is 3.34. The molecule has 0 aliphatic carbocycles. The number of amides is 3. The van der Waals surface area contributed by atoms with Crippen molar-refractivity contribution in [1.29, 1.82) is 5.26 Å². The van der Waals surface area contributed by atoms with Gasteiger partial charge in [0, 0.05) is 69.5 Å². The van der Waals surface area contributed by atoms with Crippen molar-refractivity contribution in [3.8, 4) is 17.7 Å². The summed E-state index contributed by atoms with van der Waals surface area (Å²) < 4.78 is 45.4. The first-order valence-electron chi connectivity index (χ1n) is 16.0. The standard InChI is InChI=1S/C34H37N7O7S/c1-46-25-6-8-26(9-7-25)49(44,45)41-29-10-5-24(19-35)18-28(29)34(31(41)42,27-4-3-11-36-30(27)47-2)37-32(43)40-22-33(23-40)20-39(21-33)13-12-38-14-16-48-17-15-38/h3-11,18H,12-17,20-23H2,1-2H3,(H,37,43)/t34-/m1/s1. The lowest BCUT2D eigenvalue weighted by Crippen LogP contribution is -2.74. The SMILES string of the molecule is COc1ccc(S(=O)(=O)N2C(=O)[C@@](NC(=O)N3CC4(CN(CCN5CCOCC5)C4)C3)(c3cccnc3OC)c3cc(C#N)ccc32)cc1.